The highest BCUT2D eigenvalue weighted by molar-refractivity contribution is 6.06. The SMILES string of the molecule is COC(=O)c1cccc2c1CC(=O)N2C(C)C. The van der Waals surface area contributed by atoms with Crippen molar-refractivity contribution in [2.45, 2.75) is 26.3 Å². The number of nitrogens with zero attached hydrogens (tertiary/aromatic N) is 1. The van der Waals surface area contributed by atoms with Crippen molar-refractivity contribution in [2.24, 2.45) is 0 Å². The number of methoxy groups -OCH3 is 1. The number of hydrogen-bond acceptors (Lipinski definition) is 3. The van der Waals surface area contributed by atoms with E-state index in [1.807, 2.05) is 19.9 Å². The first kappa shape index (κ1) is 11.6. The highest BCUT2D eigenvalue weighted by Crippen LogP contribution is 2.33. The van der Waals surface area contributed by atoms with Crippen molar-refractivity contribution in [3.05, 3.63) is 29.3 Å². The number of anilines is 1. The van der Waals surface area contributed by atoms with Gasteiger partial charge >= 0.3 is 5.97 Å². The van der Waals surface area contributed by atoms with E-state index in [-0.39, 0.29) is 24.3 Å². The van der Waals surface area contributed by atoms with Crippen LogP contribution < -0.4 is 4.90 Å². The minimum absolute atomic E-state index is 0.0337. The van der Waals surface area contributed by atoms with E-state index >= 15 is 0 Å². The third-order valence-corrected chi connectivity index (χ3v) is 2.93. The third-order valence-electron chi connectivity index (χ3n) is 2.93. The second-order valence-corrected chi connectivity index (χ2v) is 4.33. The molecule has 0 atom stereocenters. The first-order chi connectivity index (χ1) is 8.06. The first-order valence-corrected chi connectivity index (χ1v) is 5.58. The van der Waals surface area contributed by atoms with Crippen molar-refractivity contribution in [1.29, 1.82) is 0 Å². The molecule has 0 fully saturated rings. The molecule has 1 aromatic rings. The van der Waals surface area contributed by atoms with Crippen LogP contribution in [0.4, 0.5) is 5.69 Å². The summed E-state index contributed by atoms with van der Waals surface area (Å²) in [6.45, 7) is 3.91. The molecule has 90 valence electrons. The summed E-state index contributed by atoms with van der Waals surface area (Å²) in [6, 6.07) is 5.43. The molecule has 0 saturated heterocycles. The summed E-state index contributed by atoms with van der Waals surface area (Å²) in [4.78, 5) is 25.2. The van der Waals surface area contributed by atoms with Gasteiger partial charge in [-0.05, 0) is 31.5 Å². The van der Waals surface area contributed by atoms with Gasteiger partial charge in [0.2, 0.25) is 5.91 Å². The van der Waals surface area contributed by atoms with Crippen LogP contribution in [0.2, 0.25) is 0 Å². The molecule has 17 heavy (non-hydrogen) atoms. The van der Waals surface area contributed by atoms with Crippen molar-refractivity contribution in [3.8, 4) is 0 Å². The molecular formula is C13H15NO3. The van der Waals surface area contributed by atoms with Crippen LogP contribution in [0.25, 0.3) is 0 Å². The zero-order valence-corrected chi connectivity index (χ0v) is 10.2. The van der Waals surface area contributed by atoms with Crippen molar-refractivity contribution in [3.63, 3.8) is 0 Å². The Bertz CT molecular complexity index is 480. The van der Waals surface area contributed by atoms with Gasteiger partial charge in [0.15, 0.2) is 0 Å². The number of hydrogen-bond donors (Lipinski definition) is 0. The van der Waals surface area contributed by atoms with Crippen molar-refractivity contribution >= 4 is 17.6 Å². The smallest absolute Gasteiger partial charge is 0.338 e. The van der Waals surface area contributed by atoms with E-state index in [0.29, 0.717) is 5.56 Å². The summed E-state index contributed by atoms with van der Waals surface area (Å²) < 4.78 is 4.72. The molecule has 0 aromatic heterocycles. The average molecular weight is 233 g/mol. The largest absolute Gasteiger partial charge is 0.465 e. The molecule has 1 heterocycles. The number of amides is 1. The molecular weight excluding hydrogens is 218 g/mol. The Hall–Kier alpha value is -1.84. The first-order valence-electron chi connectivity index (χ1n) is 5.58. The van der Waals surface area contributed by atoms with Crippen LogP contribution in [0, 0.1) is 0 Å². The van der Waals surface area contributed by atoms with Gasteiger partial charge in [0.25, 0.3) is 0 Å². The van der Waals surface area contributed by atoms with Gasteiger partial charge in [0.05, 0.1) is 19.1 Å². The summed E-state index contributed by atoms with van der Waals surface area (Å²) >= 11 is 0. The third kappa shape index (κ3) is 1.79. The monoisotopic (exact) mass is 233 g/mol. The van der Waals surface area contributed by atoms with Gasteiger partial charge in [-0.3, -0.25) is 4.79 Å². The fourth-order valence-corrected chi connectivity index (χ4v) is 2.22. The average Bonchev–Trinajstić information content (AvgIpc) is 2.63. The number of esters is 1. The zero-order chi connectivity index (χ0) is 12.6. The van der Waals surface area contributed by atoms with E-state index in [0.717, 1.165) is 11.3 Å². The quantitative estimate of drug-likeness (QED) is 0.731. The molecule has 0 saturated carbocycles. The number of carbonyl (C=O) groups excluding carboxylic acids is 2. The molecule has 2 rings (SSSR count). The van der Waals surface area contributed by atoms with Gasteiger partial charge < -0.3 is 9.64 Å². The number of rotatable bonds is 2. The van der Waals surface area contributed by atoms with Gasteiger partial charge in [-0.25, -0.2) is 4.79 Å². The molecule has 0 spiro atoms. The van der Waals surface area contributed by atoms with Crippen molar-refractivity contribution in [2.75, 3.05) is 12.0 Å². The van der Waals surface area contributed by atoms with Crippen LogP contribution in [0.5, 0.6) is 0 Å². The van der Waals surface area contributed by atoms with E-state index in [9.17, 15) is 9.59 Å². The normalized spacial score (nSPS) is 14.1. The van der Waals surface area contributed by atoms with E-state index in [4.69, 9.17) is 4.74 Å². The fraction of sp³-hybridized carbons (Fsp3) is 0.385. The molecule has 0 bridgehead atoms. The summed E-state index contributed by atoms with van der Waals surface area (Å²) in [7, 11) is 1.35. The van der Waals surface area contributed by atoms with Crippen LogP contribution in [0.15, 0.2) is 18.2 Å². The maximum absolute atomic E-state index is 11.9. The molecule has 1 aliphatic heterocycles. The Labute approximate surface area is 100 Å². The molecule has 0 radical (unpaired) electrons. The lowest BCUT2D eigenvalue weighted by molar-refractivity contribution is -0.117. The lowest BCUT2D eigenvalue weighted by Crippen LogP contribution is -2.33. The minimum Gasteiger partial charge on any atom is -0.465 e. The van der Waals surface area contributed by atoms with Crippen LogP contribution in [-0.2, 0) is 16.0 Å². The second-order valence-electron chi connectivity index (χ2n) is 4.33. The van der Waals surface area contributed by atoms with E-state index < -0.39 is 0 Å². The molecule has 4 heteroatoms. The zero-order valence-electron chi connectivity index (χ0n) is 10.2. The van der Waals surface area contributed by atoms with Gasteiger partial charge in [0, 0.05) is 11.7 Å². The Morgan fingerprint density at radius 1 is 1.41 bits per heavy atom. The highest BCUT2D eigenvalue weighted by Gasteiger charge is 2.32. The van der Waals surface area contributed by atoms with Crippen molar-refractivity contribution < 1.29 is 14.3 Å². The maximum Gasteiger partial charge on any atom is 0.338 e. The number of benzene rings is 1. The standard InChI is InChI=1S/C13H15NO3/c1-8(2)14-11-6-4-5-9(13(16)17-3)10(11)7-12(14)15/h4-6,8H,7H2,1-3H3. The predicted molar refractivity (Wildman–Crippen MR) is 64.1 cm³/mol. The maximum atomic E-state index is 11.9. The summed E-state index contributed by atoms with van der Waals surface area (Å²) in [5.41, 5.74) is 2.09. The molecule has 4 nitrogen and oxygen atoms in total. The van der Waals surface area contributed by atoms with Crippen LogP contribution >= 0.6 is 0 Å². The summed E-state index contributed by atoms with van der Waals surface area (Å²) in [6.07, 6.45) is 0.277. The molecule has 1 amide bonds. The Morgan fingerprint density at radius 2 is 2.12 bits per heavy atom. The number of ether oxygens (including phenoxy) is 1. The van der Waals surface area contributed by atoms with Gasteiger partial charge in [-0.1, -0.05) is 6.07 Å². The van der Waals surface area contributed by atoms with Gasteiger partial charge in [0.1, 0.15) is 0 Å². The van der Waals surface area contributed by atoms with Gasteiger partial charge in [-0.2, -0.15) is 0 Å². The Balaban J connectivity index is 2.52. The molecule has 1 aromatic carbocycles. The Morgan fingerprint density at radius 3 is 2.71 bits per heavy atom. The highest BCUT2D eigenvalue weighted by atomic mass is 16.5. The number of carbonyl (C=O) groups is 2. The molecule has 0 N–H and O–H groups in total. The minimum atomic E-state index is -0.389. The van der Waals surface area contributed by atoms with E-state index in [1.165, 1.54) is 7.11 Å². The van der Waals surface area contributed by atoms with E-state index in [2.05, 4.69) is 0 Å². The Kier molecular flexibility index (Phi) is 2.88. The topological polar surface area (TPSA) is 46.6 Å². The number of fused-ring (bicyclic) bond motifs is 1. The van der Waals surface area contributed by atoms with Gasteiger partial charge in [-0.15, -0.1) is 0 Å². The van der Waals surface area contributed by atoms with E-state index in [1.54, 1.807) is 17.0 Å². The molecule has 0 unspecified atom stereocenters. The fourth-order valence-electron chi connectivity index (χ4n) is 2.22. The van der Waals surface area contributed by atoms with Crippen molar-refractivity contribution in [1.82, 2.24) is 0 Å². The lowest BCUT2D eigenvalue weighted by Gasteiger charge is -2.21. The summed E-state index contributed by atoms with van der Waals surface area (Å²) in [5.74, 6) is -0.355. The molecule has 1 aliphatic rings. The van der Waals surface area contributed by atoms with Crippen LogP contribution in [0.3, 0.4) is 0 Å². The second kappa shape index (κ2) is 4.20. The van der Waals surface area contributed by atoms with Crippen LogP contribution in [0.1, 0.15) is 29.8 Å². The van der Waals surface area contributed by atoms with Crippen LogP contribution in [-0.4, -0.2) is 25.0 Å². The summed E-state index contributed by atoms with van der Waals surface area (Å²) in [5, 5.41) is 0. The lowest BCUT2D eigenvalue weighted by atomic mass is 10.1. The predicted octanol–water partition coefficient (Wildman–Crippen LogP) is 1.77. The molecule has 0 aliphatic carbocycles.